The van der Waals surface area contributed by atoms with Crippen molar-refractivity contribution < 1.29 is 4.74 Å². The lowest BCUT2D eigenvalue weighted by Gasteiger charge is -2.35. The summed E-state index contributed by atoms with van der Waals surface area (Å²) in [6, 6.07) is 0. The van der Waals surface area contributed by atoms with Gasteiger partial charge in [0.05, 0.1) is 17.3 Å². The van der Waals surface area contributed by atoms with E-state index >= 15 is 0 Å². The molecule has 2 aliphatic carbocycles. The zero-order chi connectivity index (χ0) is 12.6. The summed E-state index contributed by atoms with van der Waals surface area (Å²) in [7, 11) is 1.79. The molecule has 0 bridgehead atoms. The van der Waals surface area contributed by atoms with Crippen LogP contribution in [0.25, 0.3) is 0 Å². The summed E-state index contributed by atoms with van der Waals surface area (Å²) >= 11 is 1.86. The van der Waals surface area contributed by atoms with Gasteiger partial charge in [0.25, 0.3) is 0 Å². The minimum atomic E-state index is -0.235. The summed E-state index contributed by atoms with van der Waals surface area (Å²) in [5.41, 5.74) is 7.72. The Morgan fingerprint density at radius 2 is 2.17 bits per heavy atom. The Labute approximate surface area is 113 Å². The third kappa shape index (κ3) is 2.22. The second kappa shape index (κ2) is 4.91. The van der Waals surface area contributed by atoms with Crippen molar-refractivity contribution >= 4 is 11.3 Å². The van der Waals surface area contributed by atoms with Crippen LogP contribution in [0.2, 0.25) is 0 Å². The van der Waals surface area contributed by atoms with Crippen molar-refractivity contribution in [3.05, 3.63) is 15.6 Å². The number of nitrogens with two attached hydrogens (primary N) is 1. The fraction of sp³-hybridized carbons (Fsp3) is 0.786. The largest absolute Gasteiger partial charge is 0.381 e. The molecule has 2 N–H and O–H groups in total. The van der Waals surface area contributed by atoms with Gasteiger partial charge in [0, 0.05) is 12.0 Å². The molecule has 3 nitrogen and oxygen atoms in total. The second-order valence-electron chi connectivity index (χ2n) is 5.71. The van der Waals surface area contributed by atoms with Crippen molar-refractivity contribution in [2.45, 2.75) is 63.0 Å². The molecule has 100 valence electrons. The van der Waals surface area contributed by atoms with E-state index in [2.05, 4.69) is 0 Å². The van der Waals surface area contributed by atoms with Crippen LogP contribution in [0, 0.1) is 0 Å². The molecule has 18 heavy (non-hydrogen) atoms. The standard InChI is InChI=1S/C14H22N2OS/c1-17-10-5-4-8-14(15,9-10)13-16-11-6-2-3-7-12(11)18-13/h10H,2-9,15H2,1H3. The first-order valence-corrected chi connectivity index (χ1v) is 7.84. The number of hydrogen-bond donors (Lipinski definition) is 1. The van der Waals surface area contributed by atoms with Gasteiger partial charge in [-0.3, -0.25) is 0 Å². The van der Waals surface area contributed by atoms with E-state index in [4.69, 9.17) is 15.5 Å². The molecule has 0 radical (unpaired) electrons. The number of thiazole rings is 1. The summed E-state index contributed by atoms with van der Waals surface area (Å²) in [6.07, 6.45) is 9.53. The molecule has 2 unspecified atom stereocenters. The highest BCUT2D eigenvalue weighted by molar-refractivity contribution is 7.11. The van der Waals surface area contributed by atoms with Gasteiger partial charge in [-0.05, 0) is 51.4 Å². The summed E-state index contributed by atoms with van der Waals surface area (Å²) in [4.78, 5) is 6.34. The van der Waals surface area contributed by atoms with E-state index in [1.54, 1.807) is 7.11 Å². The summed E-state index contributed by atoms with van der Waals surface area (Å²) in [6.45, 7) is 0. The number of aromatic nitrogens is 1. The van der Waals surface area contributed by atoms with Crippen LogP contribution in [0.1, 0.15) is 54.1 Å². The number of fused-ring (bicyclic) bond motifs is 1. The molecular formula is C14H22N2OS. The van der Waals surface area contributed by atoms with Crippen molar-refractivity contribution in [3.8, 4) is 0 Å². The van der Waals surface area contributed by atoms with Gasteiger partial charge < -0.3 is 10.5 Å². The Hall–Kier alpha value is -0.450. The topological polar surface area (TPSA) is 48.1 Å². The van der Waals surface area contributed by atoms with Gasteiger partial charge in [-0.1, -0.05) is 0 Å². The van der Waals surface area contributed by atoms with Crippen molar-refractivity contribution in [1.29, 1.82) is 0 Å². The van der Waals surface area contributed by atoms with Gasteiger partial charge in [-0.25, -0.2) is 4.98 Å². The van der Waals surface area contributed by atoms with E-state index in [1.165, 1.54) is 29.8 Å². The predicted octanol–water partition coefficient (Wildman–Crippen LogP) is 2.76. The smallest absolute Gasteiger partial charge is 0.113 e. The molecule has 3 rings (SSSR count). The first kappa shape index (κ1) is 12.6. The molecule has 1 aromatic rings. The average molecular weight is 266 g/mol. The van der Waals surface area contributed by atoms with Gasteiger partial charge in [-0.2, -0.15) is 0 Å². The highest BCUT2D eigenvalue weighted by Crippen LogP contribution is 2.40. The van der Waals surface area contributed by atoms with Gasteiger partial charge in [0.1, 0.15) is 5.01 Å². The van der Waals surface area contributed by atoms with Crippen LogP contribution < -0.4 is 5.73 Å². The number of rotatable bonds is 2. The summed E-state index contributed by atoms with van der Waals surface area (Å²) < 4.78 is 5.51. The Morgan fingerprint density at radius 1 is 1.33 bits per heavy atom. The molecule has 1 aromatic heterocycles. The minimum Gasteiger partial charge on any atom is -0.381 e. The van der Waals surface area contributed by atoms with Crippen molar-refractivity contribution in [2.75, 3.05) is 7.11 Å². The lowest BCUT2D eigenvalue weighted by atomic mass is 9.81. The molecule has 2 aliphatic rings. The molecule has 2 atom stereocenters. The SMILES string of the molecule is COC1CCCC(N)(c2nc3c(s2)CCCC3)C1. The first-order valence-electron chi connectivity index (χ1n) is 7.02. The number of methoxy groups -OCH3 is 1. The minimum absolute atomic E-state index is 0.235. The van der Waals surface area contributed by atoms with Gasteiger partial charge in [0.2, 0.25) is 0 Å². The molecule has 1 saturated carbocycles. The Balaban J connectivity index is 1.86. The fourth-order valence-corrected chi connectivity index (χ4v) is 4.51. The van der Waals surface area contributed by atoms with Crippen LogP contribution >= 0.6 is 11.3 Å². The summed E-state index contributed by atoms with van der Waals surface area (Å²) in [5, 5.41) is 1.16. The quantitative estimate of drug-likeness (QED) is 0.895. The van der Waals surface area contributed by atoms with Crippen LogP contribution in [0.3, 0.4) is 0 Å². The third-order valence-corrected chi connectivity index (χ3v) is 5.72. The zero-order valence-corrected chi connectivity index (χ0v) is 11.9. The van der Waals surface area contributed by atoms with Gasteiger partial charge >= 0.3 is 0 Å². The molecule has 0 aromatic carbocycles. The van der Waals surface area contributed by atoms with Gasteiger partial charge in [0.15, 0.2) is 0 Å². The van der Waals surface area contributed by atoms with E-state index in [9.17, 15) is 0 Å². The van der Waals surface area contributed by atoms with E-state index in [0.29, 0.717) is 6.10 Å². The van der Waals surface area contributed by atoms with E-state index in [1.807, 2.05) is 11.3 Å². The average Bonchev–Trinajstić information content (AvgIpc) is 2.83. The Morgan fingerprint density at radius 3 is 2.94 bits per heavy atom. The maximum Gasteiger partial charge on any atom is 0.113 e. The van der Waals surface area contributed by atoms with Crippen LogP contribution in [0.5, 0.6) is 0 Å². The predicted molar refractivity (Wildman–Crippen MR) is 73.9 cm³/mol. The highest BCUT2D eigenvalue weighted by atomic mass is 32.1. The molecule has 0 spiro atoms. The fourth-order valence-electron chi connectivity index (χ4n) is 3.22. The van der Waals surface area contributed by atoms with Crippen LogP contribution in [0.15, 0.2) is 0 Å². The number of ether oxygens (including phenoxy) is 1. The number of nitrogens with zero attached hydrogens (tertiary/aromatic N) is 1. The van der Waals surface area contributed by atoms with Crippen molar-refractivity contribution in [3.63, 3.8) is 0 Å². The molecule has 0 saturated heterocycles. The van der Waals surface area contributed by atoms with E-state index < -0.39 is 0 Å². The lowest BCUT2D eigenvalue weighted by molar-refractivity contribution is 0.0406. The van der Waals surface area contributed by atoms with Crippen LogP contribution in [-0.4, -0.2) is 18.2 Å². The first-order chi connectivity index (χ1) is 8.71. The van der Waals surface area contributed by atoms with Crippen LogP contribution in [0.4, 0.5) is 0 Å². The molecule has 1 heterocycles. The van der Waals surface area contributed by atoms with Crippen molar-refractivity contribution in [1.82, 2.24) is 4.98 Å². The Kier molecular flexibility index (Phi) is 3.43. The van der Waals surface area contributed by atoms with Crippen molar-refractivity contribution in [2.24, 2.45) is 5.73 Å². The second-order valence-corrected chi connectivity index (χ2v) is 6.79. The molecule has 0 amide bonds. The highest BCUT2D eigenvalue weighted by Gasteiger charge is 2.37. The van der Waals surface area contributed by atoms with E-state index in [0.717, 1.165) is 37.1 Å². The number of aryl methyl sites for hydroxylation is 2. The third-order valence-electron chi connectivity index (χ3n) is 4.35. The van der Waals surface area contributed by atoms with Gasteiger partial charge in [-0.15, -0.1) is 11.3 Å². The maximum absolute atomic E-state index is 6.63. The summed E-state index contributed by atoms with van der Waals surface area (Å²) in [5.74, 6) is 0. The maximum atomic E-state index is 6.63. The molecule has 4 heteroatoms. The molecular weight excluding hydrogens is 244 g/mol. The molecule has 1 fully saturated rings. The normalized spacial score (nSPS) is 32.2. The van der Waals surface area contributed by atoms with E-state index in [-0.39, 0.29) is 5.54 Å². The number of hydrogen-bond acceptors (Lipinski definition) is 4. The van der Waals surface area contributed by atoms with Crippen LogP contribution in [-0.2, 0) is 23.1 Å². The Bertz CT molecular complexity index is 408. The lowest BCUT2D eigenvalue weighted by Crippen LogP contribution is -2.43. The monoisotopic (exact) mass is 266 g/mol. The zero-order valence-electron chi connectivity index (χ0n) is 11.1. The molecule has 0 aliphatic heterocycles.